The molecule has 0 heterocycles. The van der Waals surface area contributed by atoms with E-state index in [1.807, 2.05) is 0 Å². The third kappa shape index (κ3) is 3.61. The maximum atomic E-state index is 12.3. The minimum Gasteiger partial charge on any atom is -0.508 e. The maximum Gasteiger partial charge on any atom is 0.323 e. The second-order valence-electron chi connectivity index (χ2n) is 5.16. The smallest absolute Gasteiger partial charge is 0.323 e. The van der Waals surface area contributed by atoms with Crippen LogP contribution in [0.25, 0.3) is 0 Å². The molecule has 0 saturated carbocycles. The van der Waals surface area contributed by atoms with Gasteiger partial charge in [-0.25, -0.2) is 0 Å². The van der Waals surface area contributed by atoms with Crippen LogP contribution in [0.5, 0.6) is 11.5 Å². The predicted octanol–water partition coefficient (Wildman–Crippen LogP) is 1.42. The van der Waals surface area contributed by atoms with Crippen LogP contribution >= 0.6 is 0 Å². The fourth-order valence-corrected chi connectivity index (χ4v) is 1.59. The number of nitrogens with zero attached hydrogens (tertiary/aromatic N) is 1. The first-order valence-corrected chi connectivity index (χ1v) is 5.68. The Bertz CT molecular complexity index is 504. The molecule has 19 heavy (non-hydrogen) atoms. The zero-order valence-corrected chi connectivity index (χ0v) is 11.0. The van der Waals surface area contributed by atoms with E-state index >= 15 is 0 Å². The lowest BCUT2D eigenvalue weighted by Gasteiger charge is -2.34. The fraction of sp³-hybridized carbons (Fsp3) is 0.385. The van der Waals surface area contributed by atoms with Crippen LogP contribution in [-0.4, -0.2) is 44.2 Å². The largest absolute Gasteiger partial charge is 0.508 e. The number of carbonyl (C=O) groups excluding carboxylic acids is 1. The van der Waals surface area contributed by atoms with Crippen molar-refractivity contribution in [3.63, 3.8) is 0 Å². The average molecular weight is 267 g/mol. The number of rotatable bonds is 3. The molecule has 104 valence electrons. The summed E-state index contributed by atoms with van der Waals surface area (Å²) < 4.78 is 0. The summed E-state index contributed by atoms with van der Waals surface area (Å²) in [5.41, 5.74) is -0.857. The number of aromatic hydroxyl groups is 2. The Morgan fingerprint density at radius 1 is 1.21 bits per heavy atom. The number of carboxylic acids is 1. The molecule has 0 atom stereocenters. The lowest BCUT2D eigenvalue weighted by atomic mass is 10.0. The molecule has 0 radical (unpaired) electrons. The normalized spacial score (nSPS) is 11.1. The van der Waals surface area contributed by atoms with Gasteiger partial charge in [-0.15, -0.1) is 0 Å². The van der Waals surface area contributed by atoms with Crippen LogP contribution in [0.4, 0.5) is 0 Å². The van der Waals surface area contributed by atoms with E-state index in [0.29, 0.717) is 0 Å². The minimum absolute atomic E-state index is 0.129. The average Bonchev–Trinajstić information content (AvgIpc) is 2.26. The third-order valence-electron chi connectivity index (χ3n) is 2.56. The van der Waals surface area contributed by atoms with Gasteiger partial charge in [0.2, 0.25) is 0 Å². The van der Waals surface area contributed by atoms with E-state index in [2.05, 4.69) is 0 Å². The molecule has 0 aliphatic carbocycles. The Hall–Kier alpha value is -2.24. The van der Waals surface area contributed by atoms with Crippen LogP contribution in [-0.2, 0) is 4.79 Å². The lowest BCUT2D eigenvalue weighted by molar-refractivity contribution is -0.138. The van der Waals surface area contributed by atoms with Crippen LogP contribution in [0, 0.1) is 0 Å². The molecule has 1 aromatic rings. The lowest BCUT2D eigenvalue weighted by Crippen LogP contribution is -2.48. The Balaban J connectivity index is 3.19. The highest BCUT2D eigenvalue weighted by molar-refractivity contribution is 5.99. The molecule has 0 spiro atoms. The molecule has 1 amide bonds. The Labute approximate surface area is 110 Å². The summed E-state index contributed by atoms with van der Waals surface area (Å²) in [5.74, 6) is -2.28. The highest BCUT2D eigenvalue weighted by Crippen LogP contribution is 2.26. The summed E-state index contributed by atoms with van der Waals surface area (Å²) in [6.45, 7) is 4.58. The van der Waals surface area contributed by atoms with E-state index in [1.54, 1.807) is 20.8 Å². The number of benzene rings is 1. The number of aliphatic carboxylic acids is 1. The van der Waals surface area contributed by atoms with Crippen molar-refractivity contribution in [2.45, 2.75) is 26.3 Å². The standard InChI is InChI=1S/C13H17NO5/c1-13(2,3)14(7-11(17)18)12(19)9-6-8(15)4-5-10(9)16/h4-6,15-16H,7H2,1-3H3,(H,17,18). The number of phenolic OH excluding ortho intramolecular Hbond substituents is 2. The van der Waals surface area contributed by atoms with Crippen LogP contribution < -0.4 is 0 Å². The van der Waals surface area contributed by atoms with E-state index in [0.717, 1.165) is 11.0 Å². The molecule has 6 nitrogen and oxygen atoms in total. The first kappa shape index (κ1) is 14.8. The number of phenols is 2. The highest BCUT2D eigenvalue weighted by atomic mass is 16.4. The Morgan fingerprint density at radius 3 is 2.26 bits per heavy atom. The van der Waals surface area contributed by atoms with Crippen molar-refractivity contribution in [2.75, 3.05) is 6.54 Å². The van der Waals surface area contributed by atoms with Crippen molar-refractivity contribution in [2.24, 2.45) is 0 Å². The highest BCUT2D eigenvalue weighted by Gasteiger charge is 2.30. The minimum atomic E-state index is -1.15. The number of hydrogen-bond donors (Lipinski definition) is 3. The van der Waals surface area contributed by atoms with Gasteiger partial charge in [0.15, 0.2) is 0 Å². The summed E-state index contributed by atoms with van der Waals surface area (Å²) in [5, 5.41) is 27.9. The van der Waals surface area contributed by atoms with Crippen molar-refractivity contribution >= 4 is 11.9 Å². The fourth-order valence-electron chi connectivity index (χ4n) is 1.59. The van der Waals surface area contributed by atoms with Crippen molar-refractivity contribution in [3.05, 3.63) is 23.8 Å². The number of carbonyl (C=O) groups is 2. The first-order valence-electron chi connectivity index (χ1n) is 5.68. The molecule has 1 rings (SSSR count). The zero-order valence-electron chi connectivity index (χ0n) is 11.0. The summed E-state index contributed by atoms with van der Waals surface area (Å²) >= 11 is 0. The van der Waals surface area contributed by atoms with Gasteiger partial charge < -0.3 is 20.2 Å². The monoisotopic (exact) mass is 267 g/mol. The molecular weight excluding hydrogens is 250 g/mol. The van der Waals surface area contributed by atoms with Crippen molar-refractivity contribution in [1.29, 1.82) is 0 Å². The van der Waals surface area contributed by atoms with Gasteiger partial charge >= 0.3 is 5.97 Å². The molecule has 0 aliphatic rings. The van der Waals surface area contributed by atoms with Gasteiger partial charge in [-0.3, -0.25) is 9.59 Å². The molecular formula is C13H17NO5. The van der Waals surface area contributed by atoms with Gasteiger partial charge in [0.1, 0.15) is 18.0 Å². The molecule has 3 N–H and O–H groups in total. The third-order valence-corrected chi connectivity index (χ3v) is 2.56. The van der Waals surface area contributed by atoms with Gasteiger partial charge in [-0.2, -0.15) is 0 Å². The van der Waals surface area contributed by atoms with Crippen molar-refractivity contribution < 1.29 is 24.9 Å². The van der Waals surface area contributed by atoms with E-state index in [4.69, 9.17) is 5.11 Å². The zero-order chi connectivity index (χ0) is 14.8. The molecule has 0 aliphatic heterocycles. The quantitative estimate of drug-likeness (QED) is 0.719. The summed E-state index contributed by atoms with van der Waals surface area (Å²) in [6, 6.07) is 3.53. The number of carboxylic acid groups (broad SMARTS) is 1. The van der Waals surface area contributed by atoms with Crippen molar-refractivity contribution in [1.82, 2.24) is 4.90 Å². The predicted molar refractivity (Wildman–Crippen MR) is 68.2 cm³/mol. The van der Waals surface area contributed by atoms with Crippen LogP contribution in [0.3, 0.4) is 0 Å². The van der Waals surface area contributed by atoms with Gasteiger partial charge in [0, 0.05) is 5.54 Å². The molecule has 0 bridgehead atoms. The SMILES string of the molecule is CC(C)(C)N(CC(=O)O)C(=O)c1cc(O)ccc1O. The molecule has 1 aromatic carbocycles. The molecule has 6 heteroatoms. The number of hydrogen-bond acceptors (Lipinski definition) is 4. The van der Waals surface area contributed by atoms with Crippen LogP contribution in [0.15, 0.2) is 18.2 Å². The number of amides is 1. The van der Waals surface area contributed by atoms with E-state index in [1.165, 1.54) is 12.1 Å². The second-order valence-corrected chi connectivity index (χ2v) is 5.16. The molecule has 0 aromatic heterocycles. The molecule has 0 fully saturated rings. The van der Waals surface area contributed by atoms with Gasteiger partial charge in [0.25, 0.3) is 5.91 Å². The van der Waals surface area contributed by atoms with Gasteiger partial charge in [-0.05, 0) is 39.0 Å². The summed E-state index contributed by atoms with van der Waals surface area (Å²) in [4.78, 5) is 24.2. The van der Waals surface area contributed by atoms with Crippen LogP contribution in [0.2, 0.25) is 0 Å². The van der Waals surface area contributed by atoms with E-state index < -0.39 is 24.0 Å². The Morgan fingerprint density at radius 2 is 1.79 bits per heavy atom. The van der Waals surface area contributed by atoms with Crippen LogP contribution in [0.1, 0.15) is 31.1 Å². The van der Waals surface area contributed by atoms with Crippen molar-refractivity contribution in [3.8, 4) is 11.5 Å². The molecule has 0 saturated heterocycles. The van der Waals surface area contributed by atoms with Gasteiger partial charge in [-0.1, -0.05) is 0 Å². The summed E-state index contributed by atoms with van der Waals surface area (Å²) in [6.07, 6.45) is 0. The topological polar surface area (TPSA) is 98.1 Å². The Kier molecular flexibility index (Phi) is 4.04. The first-order chi connectivity index (χ1) is 8.62. The maximum absolute atomic E-state index is 12.3. The molecule has 0 unspecified atom stereocenters. The van der Waals surface area contributed by atoms with Gasteiger partial charge in [0.05, 0.1) is 5.56 Å². The van der Waals surface area contributed by atoms with E-state index in [-0.39, 0.29) is 17.1 Å². The van der Waals surface area contributed by atoms with E-state index in [9.17, 15) is 19.8 Å². The second kappa shape index (κ2) is 5.17. The summed E-state index contributed by atoms with van der Waals surface area (Å²) in [7, 11) is 0.